The first-order valence-corrected chi connectivity index (χ1v) is 12.5. The van der Waals surface area contributed by atoms with E-state index < -0.39 is 12.2 Å². The van der Waals surface area contributed by atoms with Gasteiger partial charge in [0.1, 0.15) is 16.9 Å². The Morgan fingerprint density at radius 3 is 2.83 bits per heavy atom. The molecule has 1 fully saturated rings. The Morgan fingerprint density at radius 1 is 1.28 bits per heavy atom. The van der Waals surface area contributed by atoms with Gasteiger partial charge >= 0.3 is 6.09 Å². The van der Waals surface area contributed by atoms with E-state index in [9.17, 15) is 9.59 Å². The zero-order chi connectivity index (χ0) is 25.4. The van der Waals surface area contributed by atoms with Gasteiger partial charge in [-0.3, -0.25) is 4.79 Å². The molecule has 0 unspecified atom stereocenters. The van der Waals surface area contributed by atoms with Gasteiger partial charge < -0.3 is 30.7 Å². The highest BCUT2D eigenvalue weighted by Crippen LogP contribution is 2.43. The van der Waals surface area contributed by atoms with Gasteiger partial charge in [0, 0.05) is 30.4 Å². The van der Waals surface area contributed by atoms with E-state index in [-0.39, 0.29) is 23.8 Å². The number of primary amides is 1. The first-order chi connectivity index (χ1) is 17.4. The highest BCUT2D eigenvalue weighted by molar-refractivity contribution is 6.32. The molecule has 1 aromatic heterocycles. The Morgan fingerprint density at radius 2 is 2.08 bits per heavy atom. The topological polar surface area (TPSA) is 132 Å². The minimum atomic E-state index is -0.803. The number of hydrogen-bond donors (Lipinski definition) is 3. The second-order valence-electron chi connectivity index (χ2n) is 9.17. The van der Waals surface area contributed by atoms with Crippen LogP contribution in [-0.2, 0) is 16.0 Å². The number of hydrogen-bond acceptors (Lipinski definition) is 8. The Hall–Kier alpha value is -3.53. The van der Waals surface area contributed by atoms with E-state index in [1.807, 2.05) is 19.1 Å². The standard InChI is InChI=1S/C25H29ClN6O4/c1-3-32-18-10-9-17(22(35-2)15(18)5-4-6-19(32)33)29-25-28-12-16(26)23(31-25)30-20-13-7-8-14(11-13)21(20)36-24(27)34/h7-10,12-14,20-21H,3-6,11H2,1-2H3,(H2,27,34)(H2,28,29,30,31)/t13-,14+,20+,21-/m0/s1. The van der Waals surface area contributed by atoms with Crippen molar-refractivity contribution < 1.29 is 19.1 Å². The van der Waals surface area contributed by atoms with Crippen molar-refractivity contribution in [2.24, 2.45) is 17.6 Å². The molecule has 2 heterocycles. The van der Waals surface area contributed by atoms with Gasteiger partial charge in [-0.2, -0.15) is 4.98 Å². The van der Waals surface area contributed by atoms with Crippen LogP contribution in [0.25, 0.3) is 0 Å². The van der Waals surface area contributed by atoms with Gasteiger partial charge in [-0.15, -0.1) is 0 Å². The van der Waals surface area contributed by atoms with Crippen LogP contribution in [0.15, 0.2) is 30.5 Å². The number of carbonyl (C=O) groups is 2. The molecule has 4 atom stereocenters. The van der Waals surface area contributed by atoms with Gasteiger partial charge in [0.2, 0.25) is 11.9 Å². The van der Waals surface area contributed by atoms with Crippen molar-refractivity contribution in [2.75, 3.05) is 29.2 Å². The number of halogens is 1. The molecule has 4 N–H and O–H groups in total. The number of benzene rings is 1. The molecule has 5 rings (SSSR count). The maximum absolute atomic E-state index is 12.5. The predicted molar refractivity (Wildman–Crippen MR) is 137 cm³/mol. The highest BCUT2D eigenvalue weighted by Gasteiger charge is 2.47. The number of nitrogens with zero attached hydrogens (tertiary/aromatic N) is 3. The van der Waals surface area contributed by atoms with Crippen LogP contribution in [0.4, 0.5) is 27.9 Å². The van der Waals surface area contributed by atoms with Crippen LogP contribution in [0.5, 0.6) is 5.75 Å². The van der Waals surface area contributed by atoms with E-state index in [4.69, 9.17) is 26.8 Å². The van der Waals surface area contributed by atoms with E-state index >= 15 is 0 Å². The summed E-state index contributed by atoms with van der Waals surface area (Å²) < 4.78 is 11.2. The third-order valence-corrected chi connectivity index (χ3v) is 7.38. The number of ether oxygens (including phenoxy) is 2. The lowest BCUT2D eigenvalue weighted by Crippen LogP contribution is -2.41. The SMILES string of the molecule is CCN1C(=O)CCCc2c1ccc(Nc1ncc(Cl)c(N[C@H]3[C@@H](OC(N)=O)[C@@H]4C=C[C@H]3C4)n1)c2OC. The van der Waals surface area contributed by atoms with Crippen LogP contribution in [0.2, 0.25) is 5.02 Å². The van der Waals surface area contributed by atoms with E-state index in [1.165, 1.54) is 6.20 Å². The third-order valence-electron chi connectivity index (χ3n) is 7.10. The first-order valence-electron chi connectivity index (χ1n) is 12.1. The fraction of sp³-hybridized carbons (Fsp3) is 0.440. The maximum atomic E-state index is 12.5. The second-order valence-corrected chi connectivity index (χ2v) is 9.58. The summed E-state index contributed by atoms with van der Waals surface area (Å²) in [6.45, 7) is 2.56. The van der Waals surface area contributed by atoms with Gasteiger partial charge in [0.25, 0.3) is 0 Å². The largest absolute Gasteiger partial charge is 0.494 e. The molecule has 2 bridgehead atoms. The van der Waals surface area contributed by atoms with E-state index in [1.54, 1.807) is 12.0 Å². The zero-order valence-electron chi connectivity index (χ0n) is 20.2. The van der Waals surface area contributed by atoms with Crippen LogP contribution < -0.4 is 26.0 Å². The number of fused-ring (bicyclic) bond motifs is 3. The maximum Gasteiger partial charge on any atom is 0.404 e. The van der Waals surface area contributed by atoms with Crippen molar-refractivity contribution in [3.8, 4) is 5.75 Å². The summed E-state index contributed by atoms with van der Waals surface area (Å²) in [7, 11) is 1.61. The summed E-state index contributed by atoms with van der Waals surface area (Å²) in [5.41, 5.74) is 7.83. The molecule has 1 aliphatic heterocycles. The lowest BCUT2D eigenvalue weighted by Gasteiger charge is -2.28. The first kappa shape index (κ1) is 24.2. The average molecular weight is 513 g/mol. The molecule has 0 saturated heterocycles. The molecule has 0 spiro atoms. The van der Waals surface area contributed by atoms with Crippen molar-refractivity contribution in [1.82, 2.24) is 9.97 Å². The fourth-order valence-corrected chi connectivity index (χ4v) is 5.69. The van der Waals surface area contributed by atoms with Gasteiger partial charge in [-0.1, -0.05) is 23.8 Å². The lowest BCUT2D eigenvalue weighted by molar-refractivity contribution is -0.118. The van der Waals surface area contributed by atoms with Crippen LogP contribution in [0, 0.1) is 11.8 Å². The number of amides is 2. The Kier molecular flexibility index (Phi) is 6.61. The van der Waals surface area contributed by atoms with E-state index in [0.29, 0.717) is 41.2 Å². The highest BCUT2D eigenvalue weighted by atomic mass is 35.5. The van der Waals surface area contributed by atoms with Gasteiger partial charge in [0.05, 0.1) is 30.7 Å². The van der Waals surface area contributed by atoms with Crippen LogP contribution in [0.1, 0.15) is 31.7 Å². The van der Waals surface area contributed by atoms with Crippen molar-refractivity contribution >= 4 is 46.7 Å². The third kappa shape index (κ3) is 4.41. The minimum Gasteiger partial charge on any atom is -0.494 e. The molecule has 0 radical (unpaired) electrons. The normalized spacial score (nSPS) is 24.3. The van der Waals surface area contributed by atoms with Crippen LogP contribution in [0.3, 0.4) is 0 Å². The molecule has 190 valence electrons. The molecular weight excluding hydrogens is 484 g/mol. The Balaban J connectivity index is 1.41. The molecule has 11 heteroatoms. The summed E-state index contributed by atoms with van der Waals surface area (Å²) in [6.07, 6.45) is 7.33. The number of anilines is 4. The summed E-state index contributed by atoms with van der Waals surface area (Å²) in [4.78, 5) is 34.7. The Labute approximate surface area is 214 Å². The smallest absolute Gasteiger partial charge is 0.404 e. The zero-order valence-corrected chi connectivity index (χ0v) is 20.9. The summed E-state index contributed by atoms with van der Waals surface area (Å²) in [5.74, 6) is 1.80. The second kappa shape index (κ2) is 9.85. The fourth-order valence-electron chi connectivity index (χ4n) is 5.54. The monoisotopic (exact) mass is 512 g/mol. The number of methoxy groups -OCH3 is 1. The van der Waals surface area contributed by atoms with E-state index in [0.717, 1.165) is 30.5 Å². The van der Waals surface area contributed by atoms with Gasteiger partial charge in [-0.05, 0) is 38.3 Å². The van der Waals surface area contributed by atoms with E-state index in [2.05, 4.69) is 32.8 Å². The quantitative estimate of drug-likeness (QED) is 0.474. The molecule has 2 aliphatic carbocycles. The molecular formula is C25H29ClN6O4. The van der Waals surface area contributed by atoms with Crippen molar-refractivity contribution in [1.29, 1.82) is 0 Å². The van der Waals surface area contributed by atoms with Gasteiger partial charge in [-0.25, -0.2) is 9.78 Å². The average Bonchev–Trinajstić information content (AvgIpc) is 3.40. The van der Waals surface area contributed by atoms with Crippen molar-refractivity contribution in [3.05, 3.63) is 41.1 Å². The lowest BCUT2D eigenvalue weighted by atomic mass is 9.98. The minimum absolute atomic E-state index is 0.108. The molecule has 3 aliphatic rings. The molecule has 1 aromatic carbocycles. The molecule has 1 saturated carbocycles. The summed E-state index contributed by atoms with van der Waals surface area (Å²) >= 11 is 6.42. The van der Waals surface area contributed by atoms with Crippen LogP contribution >= 0.6 is 11.6 Å². The molecule has 36 heavy (non-hydrogen) atoms. The predicted octanol–water partition coefficient (Wildman–Crippen LogP) is 4.02. The summed E-state index contributed by atoms with van der Waals surface area (Å²) in [6, 6.07) is 3.59. The number of carbonyl (C=O) groups excluding carboxylic acids is 2. The van der Waals surface area contributed by atoms with Crippen LogP contribution in [-0.4, -0.2) is 47.8 Å². The molecule has 10 nitrogen and oxygen atoms in total. The summed E-state index contributed by atoms with van der Waals surface area (Å²) in [5, 5.41) is 6.93. The number of nitrogens with two attached hydrogens (primary N) is 1. The Bertz CT molecular complexity index is 1220. The van der Waals surface area contributed by atoms with Crippen molar-refractivity contribution in [3.63, 3.8) is 0 Å². The molecule has 2 amide bonds. The number of aromatic nitrogens is 2. The number of rotatable bonds is 7. The molecule has 2 aromatic rings. The van der Waals surface area contributed by atoms with Gasteiger partial charge in [0.15, 0.2) is 5.82 Å². The van der Waals surface area contributed by atoms with Crippen molar-refractivity contribution in [2.45, 2.75) is 44.8 Å². The number of nitrogens with one attached hydrogen (secondary N) is 2.